The summed E-state index contributed by atoms with van der Waals surface area (Å²) in [5.41, 5.74) is 2.23. The van der Waals surface area contributed by atoms with Gasteiger partial charge < -0.3 is 15.7 Å². The maximum absolute atomic E-state index is 10.7. The molecule has 0 unspecified atom stereocenters. The Bertz CT molecular complexity index is 991. The van der Waals surface area contributed by atoms with E-state index in [1.54, 1.807) is 23.7 Å². The minimum atomic E-state index is -1.03. The summed E-state index contributed by atoms with van der Waals surface area (Å²) in [6.45, 7) is 5.95. The van der Waals surface area contributed by atoms with Crippen LogP contribution in [0.25, 0.3) is 21.6 Å². The van der Waals surface area contributed by atoms with Crippen molar-refractivity contribution in [1.29, 1.82) is 0 Å². The standard InChI is InChI=1S/C19H22N6O2S/c1-2-25-10-5-13-14(11-25)28-18-15(13)17(21-8-9-22-19(26)27)23-16(24-18)12-3-6-20-7-4-12/h3-4,6-7,22H,2,5,8-11H2,1H3,(H,26,27)(H,21,23,24). The zero-order valence-corrected chi connectivity index (χ0v) is 16.4. The normalized spacial score (nSPS) is 14.0. The lowest BCUT2D eigenvalue weighted by atomic mass is 10.0. The van der Waals surface area contributed by atoms with Crippen molar-refractivity contribution in [2.24, 2.45) is 0 Å². The minimum Gasteiger partial charge on any atom is -0.465 e. The molecule has 0 spiro atoms. The van der Waals surface area contributed by atoms with Crippen LogP contribution in [0.15, 0.2) is 24.5 Å². The summed E-state index contributed by atoms with van der Waals surface area (Å²) < 4.78 is 0. The maximum atomic E-state index is 10.7. The van der Waals surface area contributed by atoms with E-state index in [0.29, 0.717) is 18.9 Å². The summed E-state index contributed by atoms with van der Waals surface area (Å²) in [5, 5.41) is 15.5. The highest BCUT2D eigenvalue weighted by Crippen LogP contribution is 2.38. The lowest BCUT2D eigenvalue weighted by molar-refractivity contribution is 0.195. The van der Waals surface area contributed by atoms with Gasteiger partial charge in [0.2, 0.25) is 0 Å². The van der Waals surface area contributed by atoms with Gasteiger partial charge in [0.15, 0.2) is 5.82 Å². The van der Waals surface area contributed by atoms with Crippen LogP contribution in [0.1, 0.15) is 17.4 Å². The number of anilines is 1. The number of carboxylic acid groups (broad SMARTS) is 1. The van der Waals surface area contributed by atoms with Crippen LogP contribution >= 0.6 is 11.3 Å². The second-order valence-corrected chi connectivity index (χ2v) is 7.68. The van der Waals surface area contributed by atoms with E-state index < -0.39 is 6.09 Å². The second-order valence-electron chi connectivity index (χ2n) is 6.59. The number of nitrogens with zero attached hydrogens (tertiary/aromatic N) is 4. The van der Waals surface area contributed by atoms with Gasteiger partial charge in [-0.25, -0.2) is 14.8 Å². The van der Waals surface area contributed by atoms with Crippen LogP contribution in [-0.2, 0) is 13.0 Å². The van der Waals surface area contributed by atoms with Crippen LogP contribution in [0.3, 0.4) is 0 Å². The van der Waals surface area contributed by atoms with Gasteiger partial charge in [-0.15, -0.1) is 11.3 Å². The zero-order valence-electron chi connectivity index (χ0n) is 15.6. The van der Waals surface area contributed by atoms with Crippen molar-refractivity contribution in [3.63, 3.8) is 0 Å². The summed E-state index contributed by atoms with van der Waals surface area (Å²) in [5.74, 6) is 1.42. The molecule has 28 heavy (non-hydrogen) atoms. The Balaban J connectivity index is 1.74. The van der Waals surface area contributed by atoms with Crippen molar-refractivity contribution in [1.82, 2.24) is 25.2 Å². The number of hydrogen-bond acceptors (Lipinski definition) is 7. The largest absolute Gasteiger partial charge is 0.465 e. The Kier molecular flexibility index (Phi) is 5.36. The van der Waals surface area contributed by atoms with Gasteiger partial charge in [-0.2, -0.15) is 0 Å². The van der Waals surface area contributed by atoms with Crippen LogP contribution in [0.2, 0.25) is 0 Å². The fraction of sp³-hybridized carbons (Fsp3) is 0.368. The Morgan fingerprint density at radius 3 is 2.86 bits per heavy atom. The SMILES string of the molecule is CCN1CCc2c(sc3nc(-c4ccncc4)nc(NCCNC(=O)O)c23)C1. The van der Waals surface area contributed by atoms with E-state index in [9.17, 15) is 4.79 Å². The van der Waals surface area contributed by atoms with Crippen LogP contribution in [-0.4, -0.2) is 57.2 Å². The Labute approximate surface area is 166 Å². The predicted octanol–water partition coefficient (Wildman–Crippen LogP) is 2.81. The number of hydrogen-bond donors (Lipinski definition) is 3. The summed E-state index contributed by atoms with van der Waals surface area (Å²) in [4.78, 5) is 29.1. The molecule has 8 nitrogen and oxygen atoms in total. The van der Waals surface area contributed by atoms with Gasteiger partial charge in [0.1, 0.15) is 10.6 Å². The average molecular weight is 398 g/mol. The first-order valence-corrected chi connectivity index (χ1v) is 10.1. The first-order valence-electron chi connectivity index (χ1n) is 9.31. The number of rotatable bonds is 6. The summed E-state index contributed by atoms with van der Waals surface area (Å²) in [6.07, 6.45) is 3.40. The summed E-state index contributed by atoms with van der Waals surface area (Å²) >= 11 is 1.73. The number of carbonyl (C=O) groups is 1. The molecular formula is C19H22N6O2S. The molecule has 0 saturated carbocycles. The molecule has 1 amide bonds. The Morgan fingerprint density at radius 2 is 2.11 bits per heavy atom. The van der Waals surface area contributed by atoms with Crippen LogP contribution in [0.5, 0.6) is 0 Å². The fourth-order valence-corrected chi connectivity index (χ4v) is 4.69. The monoisotopic (exact) mass is 398 g/mol. The van der Waals surface area contributed by atoms with E-state index in [4.69, 9.17) is 15.1 Å². The van der Waals surface area contributed by atoms with E-state index in [0.717, 1.165) is 47.7 Å². The van der Waals surface area contributed by atoms with E-state index in [-0.39, 0.29) is 0 Å². The molecule has 0 atom stereocenters. The van der Waals surface area contributed by atoms with Crippen LogP contribution in [0.4, 0.5) is 10.6 Å². The molecule has 4 heterocycles. The van der Waals surface area contributed by atoms with E-state index in [1.165, 1.54) is 10.4 Å². The highest BCUT2D eigenvalue weighted by molar-refractivity contribution is 7.19. The molecule has 1 aliphatic heterocycles. The van der Waals surface area contributed by atoms with Gasteiger partial charge in [0.25, 0.3) is 0 Å². The quantitative estimate of drug-likeness (QED) is 0.549. The third-order valence-electron chi connectivity index (χ3n) is 4.86. The van der Waals surface area contributed by atoms with Gasteiger partial charge in [-0.05, 0) is 30.7 Å². The molecular weight excluding hydrogens is 376 g/mol. The van der Waals surface area contributed by atoms with Gasteiger partial charge in [-0.3, -0.25) is 9.88 Å². The predicted molar refractivity (Wildman–Crippen MR) is 110 cm³/mol. The van der Waals surface area contributed by atoms with Gasteiger partial charge in [-0.1, -0.05) is 6.92 Å². The fourth-order valence-electron chi connectivity index (χ4n) is 3.43. The molecule has 146 valence electrons. The smallest absolute Gasteiger partial charge is 0.404 e. The number of aromatic nitrogens is 3. The first-order chi connectivity index (χ1) is 13.7. The van der Waals surface area contributed by atoms with Crippen molar-refractivity contribution in [3.8, 4) is 11.4 Å². The number of fused-ring (bicyclic) bond motifs is 3. The number of likely N-dealkylation sites (N-methyl/N-ethyl adjacent to an activating group) is 1. The number of thiophene rings is 1. The summed E-state index contributed by atoms with van der Waals surface area (Å²) in [6, 6.07) is 3.78. The zero-order chi connectivity index (χ0) is 19.5. The van der Waals surface area contributed by atoms with E-state index in [1.807, 2.05) is 12.1 Å². The van der Waals surface area contributed by atoms with Crippen molar-refractivity contribution in [2.75, 3.05) is 31.5 Å². The molecule has 9 heteroatoms. The first kappa shape index (κ1) is 18.6. The molecule has 4 rings (SSSR count). The molecule has 0 fully saturated rings. The molecule has 0 aliphatic carbocycles. The number of amides is 1. The molecule has 3 aromatic heterocycles. The summed E-state index contributed by atoms with van der Waals surface area (Å²) in [7, 11) is 0. The number of pyridine rings is 1. The van der Waals surface area contributed by atoms with Crippen LogP contribution < -0.4 is 10.6 Å². The average Bonchev–Trinajstić information content (AvgIpc) is 3.09. The van der Waals surface area contributed by atoms with E-state index in [2.05, 4.69) is 27.4 Å². The number of nitrogens with one attached hydrogen (secondary N) is 2. The second kappa shape index (κ2) is 8.07. The van der Waals surface area contributed by atoms with E-state index >= 15 is 0 Å². The van der Waals surface area contributed by atoms with Crippen molar-refractivity contribution in [3.05, 3.63) is 35.0 Å². The molecule has 0 aromatic carbocycles. The maximum Gasteiger partial charge on any atom is 0.404 e. The molecule has 1 aliphatic rings. The molecule has 0 bridgehead atoms. The highest BCUT2D eigenvalue weighted by Gasteiger charge is 2.24. The highest BCUT2D eigenvalue weighted by atomic mass is 32.1. The lowest BCUT2D eigenvalue weighted by Crippen LogP contribution is -2.29. The third-order valence-corrected chi connectivity index (χ3v) is 5.97. The molecule has 3 N–H and O–H groups in total. The topological polar surface area (TPSA) is 103 Å². The van der Waals surface area contributed by atoms with Gasteiger partial charge >= 0.3 is 6.09 Å². The van der Waals surface area contributed by atoms with Crippen molar-refractivity contribution >= 4 is 33.5 Å². The lowest BCUT2D eigenvalue weighted by Gasteiger charge is -2.25. The van der Waals surface area contributed by atoms with Gasteiger partial charge in [0, 0.05) is 49.0 Å². The molecule has 0 radical (unpaired) electrons. The van der Waals surface area contributed by atoms with Crippen molar-refractivity contribution < 1.29 is 9.90 Å². The Morgan fingerprint density at radius 1 is 1.29 bits per heavy atom. The molecule has 3 aromatic rings. The third kappa shape index (κ3) is 3.76. The van der Waals surface area contributed by atoms with Crippen molar-refractivity contribution in [2.45, 2.75) is 19.9 Å². The molecule has 0 saturated heterocycles. The van der Waals surface area contributed by atoms with Crippen LogP contribution in [0, 0.1) is 0 Å². The Hall–Kier alpha value is -2.78. The minimum absolute atomic E-state index is 0.307. The van der Waals surface area contributed by atoms with Gasteiger partial charge in [0.05, 0.1) is 5.39 Å².